The Morgan fingerprint density at radius 2 is 1.20 bits per heavy atom. The first-order valence-electron chi connectivity index (χ1n) is 12.7. The molecule has 0 saturated carbocycles. The lowest BCUT2D eigenvalue weighted by atomic mass is 9.94. The Morgan fingerprint density at radius 3 is 1.61 bits per heavy atom. The number of allylic oxidation sites excluding steroid dienone is 5. The number of halogens is 3. The highest BCUT2D eigenvalue weighted by atomic mass is 19.1. The SMILES string of the molecule is CC(COC(=O)/C=C/c1ccc(F)cc1)(COC(=O)/C=C/c1ccc(F)cc1)COC(=O)/C=C/C1C=CC(F)=CC1. The zero-order valence-corrected chi connectivity index (χ0v) is 22.3. The number of esters is 3. The van der Waals surface area contributed by atoms with Crippen LogP contribution in [0.2, 0.25) is 0 Å². The van der Waals surface area contributed by atoms with Crippen LogP contribution in [0.15, 0.2) is 96.9 Å². The van der Waals surface area contributed by atoms with Crippen molar-refractivity contribution < 1.29 is 41.8 Å². The largest absolute Gasteiger partial charge is 0.462 e. The summed E-state index contributed by atoms with van der Waals surface area (Å²) in [5, 5.41) is 0. The van der Waals surface area contributed by atoms with E-state index in [1.54, 1.807) is 19.1 Å². The molecule has 1 aliphatic rings. The second-order valence-electron chi connectivity index (χ2n) is 9.61. The van der Waals surface area contributed by atoms with E-state index in [0.29, 0.717) is 17.5 Å². The Bertz CT molecular complexity index is 1280. The van der Waals surface area contributed by atoms with Crippen molar-refractivity contribution in [3.63, 3.8) is 0 Å². The Kier molecular flexibility index (Phi) is 11.5. The fraction of sp³-hybridized carbons (Fsp3) is 0.219. The van der Waals surface area contributed by atoms with Crippen molar-refractivity contribution in [2.75, 3.05) is 19.8 Å². The lowest BCUT2D eigenvalue weighted by Crippen LogP contribution is -2.36. The average Bonchev–Trinajstić information content (AvgIpc) is 2.97. The fourth-order valence-electron chi connectivity index (χ4n) is 3.44. The van der Waals surface area contributed by atoms with E-state index < -0.39 is 35.0 Å². The zero-order chi connectivity index (χ0) is 29.7. The third kappa shape index (κ3) is 11.5. The van der Waals surface area contributed by atoms with Gasteiger partial charge in [-0.1, -0.05) is 36.4 Å². The molecule has 0 aromatic heterocycles. The molecule has 0 saturated heterocycles. The van der Waals surface area contributed by atoms with E-state index in [1.165, 1.54) is 78.9 Å². The second-order valence-corrected chi connectivity index (χ2v) is 9.61. The molecule has 0 spiro atoms. The Balaban J connectivity index is 1.59. The summed E-state index contributed by atoms with van der Waals surface area (Å²) in [7, 11) is 0. The molecule has 3 rings (SSSR count). The molecular weight excluding hydrogens is 537 g/mol. The number of carbonyl (C=O) groups excluding carboxylic acids is 3. The van der Waals surface area contributed by atoms with Crippen LogP contribution >= 0.6 is 0 Å². The van der Waals surface area contributed by atoms with E-state index in [4.69, 9.17) is 14.2 Å². The van der Waals surface area contributed by atoms with E-state index in [1.807, 2.05) is 0 Å². The summed E-state index contributed by atoms with van der Waals surface area (Å²) < 4.78 is 55.2. The molecular formula is C32H29F3O6. The summed E-state index contributed by atoms with van der Waals surface area (Å²) in [6.07, 6.45) is 12.8. The summed E-state index contributed by atoms with van der Waals surface area (Å²) in [4.78, 5) is 36.9. The van der Waals surface area contributed by atoms with E-state index in [2.05, 4.69) is 0 Å². The van der Waals surface area contributed by atoms with Crippen molar-refractivity contribution in [1.82, 2.24) is 0 Å². The van der Waals surface area contributed by atoms with Crippen LogP contribution in [0.25, 0.3) is 12.2 Å². The van der Waals surface area contributed by atoms with Gasteiger partial charge in [0, 0.05) is 18.2 Å². The van der Waals surface area contributed by atoms with Crippen LogP contribution in [0.3, 0.4) is 0 Å². The summed E-state index contributed by atoms with van der Waals surface area (Å²) >= 11 is 0. The highest BCUT2D eigenvalue weighted by Crippen LogP contribution is 2.21. The van der Waals surface area contributed by atoms with Crippen molar-refractivity contribution in [1.29, 1.82) is 0 Å². The molecule has 9 heteroatoms. The topological polar surface area (TPSA) is 78.9 Å². The summed E-state index contributed by atoms with van der Waals surface area (Å²) in [5.41, 5.74) is 0.0539. The standard InChI is InChI=1S/C32H29F3O6/c1-32(20-39-29(36)17-8-23-2-11-26(33)12-3-23,21-40-30(37)18-9-24-4-13-27(34)14-5-24)22-41-31(38)19-10-25-6-15-28(35)16-7-25/h2-6,8-19,25H,7,20-22H2,1H3/b17-8+,18-9+,19-10+. The van der Waals surface area contributed by atoms with Gasteiger partial charge in [0.1, 0.15) is 37.3 Å². The third-order valence-electron chi connectivity index (χ3n) is 5.82. The molecule has 0 amide bonds. The van der Waals surface area contributed by atoms with Gasteiger partial charge in [-0.15, -0.1) is 0 Å². The fourth-order valence-corrected chi connectivity index (χ4v) is 3.44. The lowest BCUT2D eigenvalue weighted by molar-refractivity contribution is -0.154. The molecule has 0 heterocycles. The Morgan fingerprint density at radius 1 is 0.756 bits per heavy atom. The number of hydrogen-bond donors (Lipinski definition) is 0. The maximum absolute atomic E-state index is 13.1. The number of rotatable bonds is 12. The van der Waals surface area contributed by atoms with Gasteiger partial charge < -0.3 is 14.2 Å². The van der Waals surface area contributed by atoms with E-state index in [9.17, 15) is 27.6 Å². The number of carbonyl (C=O) groups is 3. The van der Waals surface area contributed by atoms with Crippen molar-refractivity contribution >= 4 is 30.1 Å². The number of hydrogen-bond acceptors (Lipinski definition) is 6. The number of ether oxygens (including phenoxy) is 3. The van der Waals surface area contributed by atoms with Gasteiger partial charge in [-0.05, 0) is 79.0 Å². The summed E-state index contributed by atoms with van der Waals surface area (Å²) in [6, 6.07) is 11.0. The molecule has 0 bridgehead atoms. The average molecular weight is 567 g/mol. The van der Waals surface area contributed by atoms with Crippen LogP contribution < -0.4 is 0 Å². The van der Waals surface area contributed by atoms with Crippen molar-refractivity contribution in [2.45, 2.75) is 13.3 Å². The normalized spacial score (nSPS) is 15.3. The maximum Gasteiger partial charge on any atom is 0.330 e. The van der Waals surface area contributed by atoms with Gasteiger partial charge in [0.25, 0.3) is 0 Å². The first kappa shape index (κ1) is 30.9. The molecule has 0 N–H and O–H groups in total. The van der Waals surface area contributed by atoms with Crippen LogP contribution in [-0.2, 0) is 28.6 Å². The lowest BCUT2D eigenvalue weighted by Gasteiger charge is -2.27. The van der Waals surface area contributed by atoms with Gasteiger partial charge >= 0.3 is 17.9 Å². The van der Waals surface area contributed by atoms with Crippen molar-refractivity contribution in [3.8, 4) is 0 Å². The minimum absolute atomic E-state index is 0.156. The smallest absolute Gasteiger partial charge is 0.330 e. The van der Waals surface area contributed by atoms with Gasteiger partial charge in [0.2, 0.25) is 0 Å². The molecule has 6 nitrogen and oxygen atoms in total. The summed E-state index contributed by atoms with van der Waals surface area (Å²) in [6.45, 7) is 0.826. The zero-order valence-electron chi connectivity index (χ0n) is 22.3. The van der Waals surface area contributed by atoms with Gasteiger partial charge in [0.15, 0.2) is 0 Å². The van der Waals surface area contributed by atoms with Gasteiger partial charge in [0.05, 0.1) is 5.41 Å². The molecule has 2 aromatic carbocycles. The summed E-state index contributed by atoms with van der Waals surface area (Å²) in [5.74, 6) is -3.41. The molecule has 1 aliphatic carbocycles. The molecule has 0 fully saturated rings. The monoisotopic (exact) mass is 566 g/mol. The van der Waals surface area contributed by atoms with Crippen LogP contribution in [0, 0.1) is 23.0 Å². The molecule has 214 valence electrons. The molecule has 1 atom stereocenters. The van der Waals surface area contributed by atoms with Crippen molar-refractivity contribution in [2.24, 2.45) is 11.3 Å². The third-order valence-corrected chi connectivity index (χ3v) is 5.82. The predicted octanol–water partition coefficient (Wildman–Crippen LogP) is 6.31. The molecule has 2 aromatic rings. The maximum atomic E-state index is 13.1. The first-order chi connectivity index (χ1) is 19.6. The molecule has 1 unspecified atom stereocenters. The molecule has 41 heavy (non-hydrogen) atoms. The van der Waals surface area contributed by atoms with Gasteiger partial charge in [-0.2, -0.15) is 0 Å². The highest BCUT2D eigenvalue weighted by Gasteiger charge is 2.30. The van der Waals surface area contributed by atoms with E-state index in [0.717, 1.165) is 12.2 Å². The Hall–Kier alpha value is -4.66. The van der Waals surface area contributed by atoms with Gasteiger partial charge in [-0.25, -0.2) is 27.6 Å². The second kappa shape index (κ2) is 15.2. The van der Waals surface area contributed by atoms with Crippen LogP contribution in [-0.4, -0.2) is 37.7 Å². The minimum Gasteiger partial charge on any atom is -0.462 e. The predicted molar refractivity (Wildman–Crippen MR) is 147 cm³/mol. The number of benzene rings is 2. The van der Waals surface area contributed by atoms with Crippen LogP contribution in [0.5, 0.6) is 0 Å². The van der Waals surface area contributed by atoms with Gasteiger partial charge in [-0.3, -0.25) is 0 Å². The van der Waals surface area contributed by atoms with E-state index in [-0.39, 0.29) is 31.6 Å². The van der Waals surface area contributed by atoms with E-state index >= 15 is 0 Å². The molecule has 0 aliphatic heterocycles. The first-order valence-corrected chi connectivity index (χ1v) is 12.7. The van der Waals surface area contributed by atoms with Crippen LogP contribution in [0.1, 0.15) is 24.5 Å². The highest BCUT2D eigenvalue weighted by molar-refractivity contribution is 5.87. The quantitative estimate of drug-likeness (QED) is 0.170. The minimum atomic E-state index is -1.11. The molecule has 0 radical (unpaired) electrons. The van der Waals surface area contributed by atoms with Crippen molar-refractivity contribution in [3.05, 3.63) is 120 Å². The van der Waals surface area contributed by atoms with Crippen LogP contribution in [0.4, 0.5) is 13.2 Å². The Labute approximate surface area is 236 Å².